The van der Waals surface area contributed by atoms with Crippen LogP contribution in [-0.4, -0.2) is 11.9 Å². The molecule has 16 heavy (non-hydrogen) atoms. The molecule has 0 unspecified atom stereocenters. The zero-order valence-corrected chi connectivity index (χ0v) is 10.4. The predicted molar refractivity (Wildman–Crippen MR) is 63.8 cm³/mol. The molecule has 1 aromatic carbocycles. The van der Waals surface area contributed by atoms with Gasteiger partial charge in [0.25, 0.3) is 5.91 Å². The van der Waals surface area contributed by atoms with Crippen LogP contribution in [0, 0.1) is 5.82 Å². The van der Waals surface area contributed by atoms with E-state index in [-0.39, 0.29) is 16.4 Å². The maximum atomic E-state index is 13.2. The van der Waals surface area contributed by atoms with Gasteiger partial charge in [-0.05, 0) is 40.9 Å². The van der Waals surface area contributed by atoms with Crippen LogP contribution in [0.15, 0.2) is 22.7 Å². The Kier molecular flexibility index (Phi) is 3.59. The zero-order chi connectivity index (χ0) is 11.5. The Hall–Kier alpha value is -0.900. The molecule has 86 valence electrons. The molecule has 1 aromatic rings. The molecule has 0 heterocycles. The molecule has 1 aliphatic rings. The number of carbonyl (C=O) groups excluding carboxylic acids is 1. The fourth-order valence-corrected chi connectivity index (χ4v) is 2.46. The zero-order valence-electron chi connectivity index (χ0n) is 8.80. The van der Waals surface area contributed by atoms with Gasteiger partial charge in [0, 0.05) is 6.04 Å². The molecule has 1 N–H and O–H groups in total. The molecule has 0 atom stereocenters. The Balaban J connectivity index is 2.11. The van der Waals surface area contributed by atoms with Crippen LogP contribution in [-0.2, 0) is 0 Å². The first kappa shape index (κ1) is 11.6. The van der Waals surface area contributed by atoms with Gasteiger partial charge in [0.2, 0.25) is 0 Å². The van der Waals surface area contributed by atoms with Crippen LogP contribution in [0.1, 0.15) is 36.0 Å². The van der Waals surface area contributed by atoms with Crippen LogP contribution in [0.5, 0.6) is 0 Å². The fraction of sp³-hybridized carbons (Fsp3) is 0.417. The van der Waals surface area contributed by atoms with E-state index in [9.17, 15) is 9.18 Å². The third kappa shape index (κ3) is 2.43. The molecule has 4 heteroatoms. The summed E-state index contributed by atoms with van der Waals surface area (Å²) < 4.78 is 13.5. The Morgan fingerprint density at radius 1 is 1.38 bits per heavy atom. The lowest BCUT2D eigenvalue weighted by atomic mass is 10.2. The smallest absolute Gasteiger partial charge is 0.252 e. The van der Waals surface area contributed by atoms with Gasteiger partial charge in [-0.2, -0.15) is 0 Å². The van der Waals surface area contributed by atoms with Crippen molar-refractivity contribution in [2.75, 3.05) is 0 Å². The Labute approximate surface area is 102 Å². The van der Waals surface area contributed by atoms with Crippen molar-refractivity contribution < 1.29 is 9.18 Å². The minimum Gasteiger partial charge on any atom is -0.349 e. The van der Waals surface area contributed by atoms with E-state index in [1.807, 2.05) is 0 Å². The van der Waals surface area contributed by atoms with E-state index in [0.29, 0.717) is 5.56 Å². The number of nitrogens with one attached hydrogen (secondary N) is 1. The Morgan fingerprint density at radius 3 is 2.75 bits per heavy atom. The summed E-state index contributed by atoms with van der Waals surface area (Å²) in [7, 11) is 0. The largest absolute Gasteiger partial charge is 0.349 e. The summed E-state index contributed by atoms with van der Waals surface area (Å²) in [5, 5.41) is 2.93. The van der Waals surface area contributed by atoms with E-state index in [1.54, 1.807) is 12.1 Å². The van der Waals surface area contributed by atoms with E-state index in [2.05, 4.69) is 21.2 Å². The molecule has 2 nitrogen and oxygen atoms in total. The van der Waals surface area contributed by atoms with Crippen molar-refractivity contribution in [2.45, 2.75) is 31.7 Å². The number of carbonyl (C=O) groups is 1. The van der Waals surface area contributed by atoms with Gasteiger partial charge < -0.3 is 5.32 Å². The second-order valence-corrected chi connectivity index (χ2v) is 4.85. The molecule has 0 radical (unpaired) electrons. The van der Waals surface area contributed by atoms with Crippen molar-refractivity contribution >= 4 is 21.8 Å². The number of rotatable bonds is 2. The number of halogens is 2. The van der Waals surface area contributed by atoms with Crippen LogP contribution in [0.25, 0.3) is 0 Å². The maximum Gasteiger partial charge on any atom is 0.252 e. The first-order chi connectivity index (χ1) is 7.68. The van der Waals surface area contributed by atoms with E-state index >= 15 is 0 Å². The van der Waals surface area contributed by atoms with Gasteiger partial charge >= 0.3 is 0 Å². The van der Waals surface area contributed by atoms with Gasteiger partial charge in [0.1, 0.15) is 5.82 Å². The average Bonchev–Trinajstić information content (AvgIpc) is 2.74. The predicted octanol–water partition coefficient (Wildman–Crippen LogP) is 3.26. The van der Waals surface area contributed by atoms with Crippen LogP contribution in [0.4, 0.5) is 4.39 Å². The van der Waals surface area contributed by atoms with Crippen molar-refractivity contribution in [3.8, 4) is 0 Å². The highest BCUT2D eigenvalue weighted by Crippen LogP contribution is 2.22. The third-order valence-corrected chi connectivity index (χ3v) is 3.69. The summed E-state index contributed by atoms with van der Waals surface area (Å²) in [6.07, 6.45) is 4.38. The minimum absolute atomic E-state index is 0.196. The molecule has 0 saturated heterocycles. The summed E-state index contributed by atoms with van der Waals surface area (Å²) in [5.74, 6) is -0.600. The van der Waals surface area contributed by atoms with Crippen LogP contribution in [0.2, 0.25) is 0 Å². The first-order valence-electron chi connectivity index (χ1n) is 5.43. The molecule has 2 rings (SSSR count). The van der Waals surface area contributed by atoms with Crippen molar-refractivity contribution in [3.63, 3.8) is 0 Å². The lowest BCUT2D eigenvalue weighted by molar-refractivity contribution is 0.0936. The normalized spacial score (nSPS) is 16.4. The summed E-state index contributed by atoms with van der Waals surface area (Å²) in [6, 6.07) is 4.75. The highest BCUT2D eigenvalue weighted by atomic mass is 79.9. The number of benzene rings is 1. The summed E-state index contributed by atoms with van der Waals surface area (Å²) in [5.41, 5.74) is 0.368. The molecular formula is C12H13BrFNO. The minimum atomic E-state index is -0.404. The lowest BCUT2D eigenvalue weighted by Crippen LogP contribution is -2.32. The topological polar surface area (TPSA) is 29.1 Å². The molecule has 1 fully saturated rings. The van der Waals surface area contributed by atoms with E-state index in [0.717, 1.165) is 25.7 Å². The molecule has 1 saturated carbocycles. The molecule has 0 aliphatic heterocycles. The quantitative estimate of drug-likeness (QED) is 0.888. The summed E-state index contributed by atoms with van der Waals surface area (Å²) >= 11 is 3.09. The maximum absolute atomic E-state index is 13.2. The number of amides is 1. The van der Waals surface area contributed by atoms with Gasteiger partial charge in [0.05, 0.1) is 10.0 Å². The van der Waals surface area contributed by atoms with Crippen LogP contribution < -0.4 is 5.32 Å². The summed E-state index contributed by atoms with van der Waals surface area (Å²) in [4.78, 5) is 11.9. The van der Waals surface area contributed by atoms with E-state index in [1.165, 1.54) is 6.07 Å². The van der Waals surface area contributed by atoms with Gasteiger partial charge in [-0.25, -0.2) is 4.39 Å². The van der Waals surface area contributed by atoms with Gasteiger partial charge in [0.15, 0.2) is 0 Å². The van der Waals surface area contributed by atoms with Gasteiger partial charge in [-0.3, -0.25) is 4.79 Å². The first-order valence-corrected chi connectivity index (χ1v) is 6.22. The third-order valence-electron chi connectivity index (χ3n) is 2.89. The standard InChI is InChI=1S/C12H13BrFNO/c13-11-9(6-3-7-10(11)14)12(16)15-8-4-1-2-5-8/h3,6-8H,1-2,4-5H2,(H,15,16). The fourth-order valence-electron chi connectivity index (χ4n) is 2.01. The van der Waals surface area contributed by atoms with Crippen molar-refractivity contribution in [1.29, 1.82) is 0 Å². The second kappa shape index (κ2) is 4.95. The number of hydrogen-bond donors (Lipinski definition) is 1. The Morgan fingerprint density at radius 2 is 2.06 bits per heavy atom. The van der Waals surface area contributed by atoms with Crippen molar-refractivity contribution in [1.82, 2.24) is 5.32 Å². The van der Waals surface area contributed by atoms with Crippen molar-refractivity contribution in [2.24, 2.45) is 0 Å². The second-order valence-electron chi connectivity index (χ2n) is 4.06. The van der Waals surface area contributed by atoms with Crippen LogP contribution >= 0.6 is 15.9 Å². The Bertz CT molecular complexity index is 402. The monoisotopic (exact) mass is 285 g/mol. The molecule has 1 amide bonds. The highest BCUT2D eigenvalue weighted by Gasteiger charge is 2.19. The highest BCUT2D eigenvalue weighted by molar-refractivity contribution is 9.10. The van der Waals surface area contributed by atoms with E-state index < -0.39 is 5.82 Å². The SMILES string of the molecule is O=C(NC1CCCC1)c1cccc(F)c1Br. The molecule has 0 aromatic heterocycles. The molecule has 0 bridgehead atoms. The van der Waals surface area contributed by atoms with Gasteiger partial charge in [-0.15, -0.1) is 0 Å². The lowest BCUT2D eigenvalue weighted by Gasteiger charge is -2.12. The summed E-state index contributed by atoms with van der Waals surface area (Å²) in [6.45, 7) is 0. The molecule has 1 aliphatic carbocycles. The van der Waals surface area contributed by atoms with Crippen LogP contribution in [0.3, 0.4) is 0 Å². The number of hydrogen-bond acceptors (Lipinski definition) is 1. The van der Waals surface area contributed by atoms with Crippen molar-refractivity contribution in [3.05, 3.63) is 34.1 Å². The van der Waals surface area contributed by atoms with Gasteiger partial charge in [-0.1, -0.05) is 18.9 Å². The van der Waals surface area contributed by atoms with E-state index in [4.69, 9.17) is 0 Å². The average molecular weight is 286 g/mol. The molecule has 0 spiro atoms. The molecular weight excluding hydrogens is 273 g/mol.